The van der Waals surface area contributed by atoms with Crippen LogP contribution in [0.4, 0.5) is 0 Å². The number of carbonyl (C=O) groups is 2. The highest BCUT2D eigenvalue weighted by molar-refractivity contribution is 6.89. The summed E-state index contributed by atoms with van der Waals surface area (Å²) < 4.78 is 25.5. The van der Waals surface area contributed by atoms with Gasteiger partial charge >= 0.3 is 17.1 Å². The first kappa shape index (κ1) is 25.2. The number of hydrogen-bond acceptors (Lipinski definition) is 6. The highest BCUT2D eigenvalue weighted by atomic mass is 28.5. The zero-order valence-corrected chi connectivity index (χ0v) is 24.5. The minimum absolute atomic E-state index is 0.0842. The number of likely N-dealkylation sites (tertiary alicyclic amines) is 1. The summed E-state index contributed by atoms with van der Waals surface area (Å²) >= 11 is 0. The molecule has 176 valence electrons. The number of imide groups is 1. The topological polar surface area (TPSA) is 74.3 Å². The third kappa shape index (κ3) is 5.94. The lowest BCUT2D eigenvalue weighted by Gasteiger charge is -2.41. The summed E-state index contributed by atoms with van der Waals surface area (Å²) in [7, 11) is -8.50. The van der Waals surface area contributed by atoms with Crippen LogP contribution in [0.25, 0.3) is 0 Å². The van der Waals surface area contributed by atoms with Gasteiger partial charge in [-0.15, -0.1) is 0 Å². The minimum atomic E-state index is -2.54. The van der Waals surface area contributed by atoms with Gasteiger partial charge in [0.2, 0.25) is 11.8 Å². The van der Waals surface area contributed by atoms with Gasteiger partial charge in [0, 0.05) is 6.54 Å². The van der Waals surface area contributed by atoms with Crippen LogP contribution in [0, 0.1) is 11.8 Å². The van der Waals surface area contributed by atoms with E-state index >= 15 is 0 Å². The Hall–Kier alpha value is -0.412. The summed E-state index contributed by atoms with van der Waals surface area (Å²) in [6, 6.07) is 0.733. The summed E-state index contributed by atoms with van der Waals surface area (Å²) in [6.45, 7) is 19.8. The van der Waals surface area contributed by atoms with E-state index in [0.29, 0.717) is 13.0 Å². The number of fused-ring (bicyclic) bond motifs is 5. The molecule has 11 heteroatoms. The van der Waals surface area contributed by atoms with Crippen molar-refractivity contribution in [3.05, 3.63) is 12.2 Å². The van der Waals surface area contributed by atoms with E-state index in [2.05, 4.69) is 58.9 Å². The standard InChI is InChI=1S/C20H39NO6Si4/c1-28(2,3)25-30(7,8)27-31(9,26-29(4,5)6)14-10-13-21-19(22)17-15-11-12-16(24-15)18(17)20(21)23/h11-12,15-18H,10,13-14H2,1-9H3/t15?,16?,17?,18?,31-/m1/s1. The Bertz CT molecular complexity index is 732. The van der Waals surface area contributed by atoms with Crippen molar-refractivity contribution in [3.63, 3.8) is 0 Å². The SMILES string of the molecule is C[Si](C)(C)O[Si](C)(C)O[Si@](C)(CCCN1C(=O)C2C3C=CC(O3)C2C1=O)O[Si](C)(C)C. The molecule has 0 aromatic heterocycles. The van der Waals surface area contributed by atoms with Gasteiger partial charge in [-0.1, -0.05) is 12.2 Å². The normalized spacial score (nSPS) is 30.3. The summed E-state index contributed by atoms with van der Waals surface area (Å²) in [5.74, 6) is -0.841. The average molecular weight is 502 g/mol. The molecule has 31 heavy (non-hydrogen) atoms. The molecule has 2 amide bonds. The van der Waals surface area contributed by atoms with Crippen molar-refractivity contribution < 1.29 is 26.7 Å². The summed E-state index contributed by atoms with van der Waals surface area (Å²) in [5.41, 5.74) is 0. The first-order valence-electron chi connectivity index (χ1n) is 11.3. The fourth-order valence-corrected chi connectivity index (χ4v) is 23.1. The molecule has 2 bridgehead atoms. The van der Waals surface area contributed by atoms with E-state index in [4.69, 9.17) is 17.1 Å². The third-order valence-electron chi connectivity index (χ3n) is 5.55. The molecule has 5 atom stereocenters. The Morgan fingerprint density at radius 3 is 1.74 bits per heavy atom. The molecule has 2 fully saturated rings. The Morgan fingerprint density at radius 2 is 1.29 bits per heavy atom. The highest BCUT2D eigenvalue weighted by Crippen LogP contribution is 2.45. The van der Waals surface area contributed by atoms with Crippen molar-refractivity contribution in [1.29, 1.82) is 0 Å². The van der Waals surface area contributed by atoms with Gasteiger partial charge in [0.1, 0.15) is 0 Å². The number of hydrogen-bond donors (Lipinski definition) is 0. The molecule has 3 rings (SSSR count). The van der Waals surface area contributed by atoms with Gasteiger partial charge in [-0.05, 0) is 71.4 Å². The predicted octanol–water partition coefficient (Wildman–Crippen LogP) is 3.81. The summed E-state index contributed by atoms with van der Waals surface area (Å²) in [6.07, 6.45) is 4.06. The van der Waals surface area contributed by atoms with Crippen LogP contribution in [0.3, 0.4) is 0 Å². The number of amides is 2. The molecule has 2 saturated heterocycles. The van der Waals surface area contributed by atoms with Crippen LogP contribution in [-0.4, -0.2) is 69.2 Å². The van der Waals surface area contributed by atoms with Gasteiger partial charge in [0.25, 0.3) is 0 Å². The second-order valence-corrected chi connectivity index (χ2v) is 28.0. The minimum Gasteiger partial charge on any atom is -0.437 e. The zero-order valence-electron chi connectivity index (χ0n) is 20.5. The molecule has 0 saturated carbocycles. The van der Waals surface area contributed by atoms with Crippen LogP contribution in [0.5, 0.6) is 0 Å². The van der Waals surface area contributed by atoms with Gasteiger partial charge in [-0.3, -0.25) is 14.5 Å². The van der Waals surface area contributed by atoms with E-state index in [1.165, 1.54) is 4.90 Å². The molecule has 0 aromatic rings. The smallest absolute Gasteiger partial charge is 0.315 e. The fraction of sp³-hybridized carbons (Fsp3) is 0.800. The Kier molecular flexibility index (Phi) is 6.85. The molecule has 0 N–H and O–H groups in total. The van der Waals surface area contributed by atoms with Crippen LogP contribution >= 0.6 is 0 Å². The maximum atomic E-state index is 12.9. The quantitative estimate of drug-likeness (QED) is 0.257. The van der Waals surface area contributed by atoms with Crippen LogP contribution in [-0.2, 0) is 26.7 Å². The first-order chi connectivity index (χ1) is 14.0. The lowest BCUT2D eigenvalue weighted by molar-refractivity contribution is -0.142. The van der Waals surface area contributed by atoms with Crippen LogP contribution in [0.2, 0.25) is 65.0 Å². The van der Waals surface area contributed by atoms with Crippen molar-refractivity contribution in [3.8, 4) is 0 Å². The third-order valence-corrected chi connectivity index (χ3v) is 19.1. The van der Waals surface area contributed by atoms with E-state index in [9.17, 15) is 9.59 Å². The predicted molar refractivity (Wildman–Crippen MR) is 130 cm³/mol. The Morgan fingerprint density at radius 1 is 0.806 bits per heavy atom. The maximum absolute atomic E-state index is 12.9. The molecule has 4 unspecified atom stereocenters. The van der Waals surface area contributed by atoms with E-state index in [1.807, 2.05) is 12.2 Å². The molecule has 0 aliphatic carbocycles. The van der Waals surface area contributed by atoms with Crippen molar-refractivity contribution in [2.45, 2.75) is 83.6 Å². The number of nitrogens with zero attached hydrogens (tertiary/aromatic N) is 1. The van der Waals surface area contributed by atoms with Crippen molar-refractivity contribution in [1.82, 2.24) is 4.90 Å². The van der Waals surface area contributed by atoms with Crippen LogP contribution in [0.15, 0.2) is 12.2 Å². The largest absolute Gasteiger partial charge is 0.437 e. The van der Waals surface area contributed by atoms with Gasteiger partial charge in [-0.25, -0.2) is 0 Å². The van der Waals surface area contributed by atoms with E-state index < -0.39 is 33.8 Å². The molecule has 0 spiro atoms. The maximum Gasteiger partial charge on any atom is 0.315 e. The molecule has 0 radical (unpaired) electrons. The van der Waals surface area contributed by atoms with Crippen molar-refractivity contribution in [2.75, 3.05) is 6.54 Å². The lowest BCUT2D eigenvalue weighted by atomic mass is 9.85. The van der Waals surface area contributed by atoms with E-state index in [1.54, 1.807) is 0 Å². The Labute approximate surface area is 191 Å². The first-order valence-corrected chi connectivity index (χ1v) is 23.5. The highest BCUT2D eigenvalue weighted by Gasteiger charge is 2.60. The second-order valence-electron chi connectivity index (χ2n) is 11.5. The number of carbonyl (C=O) groups excluding carboxylic acids is 2. The van der Waals surface area contributed by atoms with Gasteiger partial charge < -0.3 is 17.1 Å². The van der Waals surface area contributed by atoms with Gasteiger partial charge in [0.15, 0.2) is 16.6 Å². The molecule has 0 aromatic carbocycles. The number of ether oxygens (including phenoxy) is 1. The molecular formula is C20H39NO6Si4. The summed E-state index contributed by atoms with van der Waals surface area (Å²) in [5, 5.41) is 0. The van der Waals surface area contributed by atoms with Crippen molar-refractivity contribution in [2.24, 2.45) is 11.8 Å². The summed E-state index contributed by atoms with van der Waals surface area (Å²) in [4.78, 5) is 27.2. The van der Waals surface area contributed by atoms with Gasteiger partial charge in [-0.2, -0.15) is 0 Å². The molecule has 3 aliphatic rings. The van der Waals surface area contributed by atoms with Gasteiger partial charge in [0.05, 0.1) is 24.0 Å². The van der Waals surface area contributed by atoms with E-state index in [-0.39, 0.29) is 35.9 Å². The van der Waals surface area contributed by atoms with Crippen molar-refractivity contribution >= 4 is 45.6 Å². The lowest BCUT2D eigenvalue weighted by Crippen LogP contribution is -2.57. The van der Waals surface area contributed by atoms with Crippen LogP contribution in [0.1, 0.15) is 6.42 Å². The molecule has 7 nitrogen and oxygen atoms in total. The second kappa shape index (κ2) is 8.42. The molecule has 3 heterocycles. The average Bonchev–Trinajstić information content (AvgIpc) is 3.19. The monoisotopic (exact) mass is 501 g/mol. The van der Waals surface area contributed by atoms with E-state index in [0.717, 1.165) is 6.04 Å². The Balaban J connectivity index is 1.64. The molecular weight excluding hydrogens is 463 g/mol. The number of rotatable bonds is 10. The fourth-order valence-electron chi connectivity index (χ4n) is 5.19. The molecule has 3 aliphatic heterocycles. The van der Waals surface area contributed by atoms with Crippen LogP contribution < -0.4 is 0 Å². The zero-order chi connectivity index (χ0) is 23.4.